The van der Waals surface area contributed by atoms with Crippen molar-refractivity contribution in [3.8, 4) is 0 Å². The van der Waals surface area contributed by atoms with E-state index in [0.717, 1.165) is 19.3 Å². The summed E-state index contributed by atoms with van der Waals surface area (Å²) in [5.41, 5.74) is 0. The zero-order chi connectivity index (χ0) is 24.6. The van der Waals surface area contributed by atoms with Gasteiger partial charge >= 0.3 is 0 Å². The molecule has 34 heavy (non-hydrogen) atoms. The fourth-order valence-corrected chi connectivity index (χ4v) is 8.21. The molecule has 4 heterocycles. The molecule has 1 unspecified atom stereocenters. The maximum Gasteiger partial charge on any atom is 0.247 e. The number of nitrogens with zero attached hydrogens (tertiary/aromatic N) is 3. The van der Waals surface area contributed by atoms with Crippen LogP contribution in [0.1, 0.15) is 46.5 Å². The van der Waals surface area contributed by atoms with E-state index in [9.17, 15) is 19.5 Å². The van der Waals surface area contributed by atoms with Crippen molar-refractivity contribution in [2.45, 2.75) is 68.5 Å². The number of thioether (sulfide) groups is 1. The van der Waals surface area contributed by atoms with E-state index in [0.29, 0.717) is 26.1 Å². The van der Waals surface area contributed by atoms with Crippen LogP contribution in [0.2, 0.25) is 0 Å². The summed E-state index contributed by atoms with van der Waals surface area (Å²) >= 11 is 1.60. The fraction of sp³-hybridized carbons (Fsp3) is 0.731. The number of fused-ring (bicyclic) bond motifs is 2. The normalized spacial score (nSPS) is 33.8. The fourth-order valence-electron chi connectivity index (χ4n) is 6.22. The van der Waals surface area contributed by atoms with Gasteiger partial charge in [-0.3, -0.25) is 14.4 Å². The zero-order valence-corrected chi connectivity index (χ0v) is 21.7. The lowest BCUT2D eigenvalue weighted by molar-refractivity contribution is -0.147. The van der Waals surface area contributed by atoms with Gasteiger partial charge in [-0.1, -0.05) is 57.9 Å². The minimum atomic E-state index is -0.800. The smallest absolute Gasteiger partial charge is 0.247 e. The molecule has 0 aromatic rings. The molecule has 4 aliphatic rings. The van der Waals surface area contributed by atoms with Crippen LogP contribution >= 0.6 is 11.8 Å². The molecule has 0 radical (unpaired) electrons. The van der Waals surface area contributed by atoms with E-state index in [-0.39, 0.29) is 35.5 Å². The minimum Gasteiger partial charge on any atom is -0.394 e. The number of likely N-dealkylation sites (N-methyl/N-ethyl adjacent to an activating group) is 1. The topological polar surface area (TPSA) is 81.2 Å². The number of carbonyl (C=O) groups is 3. The Morgan fingerprint density at radius 1 is 1.12 bits per heavy atom. The van der Waals surface area contributed by atoms with Gasteiger partial charge in [0.2, 0.25) is 17.7 Å². The van der Waals surface area contributed by atoms with Gasteiger partial charge in [0.05, 0.1) is 29.2 Å². The van der Waals surface area contributed by atoms with Crippen molar-refractivity contribution >= 4 is 29.5 Å². The van der Waals surface area contributed by atoms with Crippen molar-refractivity contribution in [3.63, 3.8) is 0 Å². The van der Waals surface area contributed by atoms with Crippen LogP contribution in [0.4, 0.5) is 0 Å². The molecule has 4 rings (SSSR count). The summed E-state index contributed by atoms with van der Waals surface area (Å²) in [6.45, 7) is 7.77. The summed E-state index contributed by atoms with van der Waals surface area (Å²) in [6, 6.07) is -1.15. The number of hydrogen-bond acceptors (Lipinski definition) is 5. The van der Waals surface area contributed by atoms with E-state index >= 15 is 0 Å². The van der Waals surface area contributed by atoms with Gasteiger partial charge in [-0.15, -0.1) is 11.8 Å². The molecule has 0 bridgehead atoms. The number of aliphatic hydroxyl groups excluding tert-OH is 1. The van der Waals surface area contributed by atoms with Crippen molar-refractivity contribution in [1.82, 2.24) is 14.7 Å². The Morgan fingerprint density at radius 3 is 2.56 bits per heavy atom. The Morgan fingerprint density at radius 2 is 1.88 bits per heavy atom. The van der Waals surface area contributed by atoms with Crippen molar-refractivity contribution < 1.29 is 19.5 Å². The Balaban J connectivity index is 1.80. The highest BCUT2D eigenvalue weighted by Gasteiger charge is 2.71. The number of aliphatic hydroxyl groups is 1. The van der Waals surface area contributed by atoms with Crippen LogP contribution in [0, 0.1) is 17.8 Å². The number of amides is 3. The molecule has 0 saturated carbocycles. The molecular weight excluding hydrogens is 450 g/mol. The van der Waals surface area contributed by atoms with Crippen LogP contribution in [0.15, 0.2) is 24.3 Å². The van der Waals surface area contributed by atoms with Crippen LogP contribution in [0.25, 0.3) is 0 Å². The molecule has 0 aliphatic carbocycles. The first-order valence-electron chi connectivity index (χ1n) is 12.8. The van der Waals surface area contributed by atoms with Gasteiger partial charge in [0.25, 0.3) is 0 Å². The Kier molecular flexibility index (Phi) is 7.48. The minimum absolute atomic E-state index is 0.0346. The zero-order valence-electron chi connectivity index (χ0n) is 20.9. The second kappa shape index (κ2) is 10.1. The Labute approximate surface area is 207 Å². The number of hydrogen-bond donors (Lipinski definition) is 1. The highest BCUT2D eigenvalue weighted by Crippen LogP contribution is 2.61. The van der Waals surface area contributed by atoms with Crippen LogP contribution < -0.4 is 0 Å². The standard InChI is InChI=1S/C26H39N3O4S/c1-5-6-7-13-28-14-9-11-26-21(20-19(34-26)10-8-12-27(4)23(20)31)24(32)29(22(26)25(28)33)18(16-30)15-17(2)3/h8-11,17-22,30H,5-7,12-16H2,1-4H3/t18-,19-,20+,21+,22?,26+/m1/s1. The van der Waals surface area contributed by atoms with E-state index in [1.165, 1.54) is 0 Å². The van der Waals surface area contributed by atoms with E-state index in [2.05, 4.69) is 32.9 Å². The van der Waals surface area contributed by atoms with Crippen molar-refractivity contribution in [1.29, 1.82) is 0 Å². The van der Waals surface area contributed by atoms with Crippen LogP contribution in [-0.2, 0) is 14.4 Å². The van der Waals surface area contributed by atoms with Gasteiger partial charge in [-0.05, 0) is 18.8 Å². The van der Waals surface area contributed by atoms with Crippen molar-refractivity contribution in [3.05, 3.63) is 24.3 Å². The first kappa shape index (κ1) is 25.3. The number of likely N-dealkylation sites (tertiary alicyclic amines) is 1. The lowest BCUT2D eigenvalue weighted by Crippen LogP contribution is -2.56. The molecule has 1 N–H and O–H groups in total. The summed E-state index contributed by atoms with van der Waals surface area (Å²) in [6.07, 6.45) is 11.8. The molecule has 1 spiro atoms. The summed E-state index contributed by atoms with van der Waals surface area (Å²) in [5, 5.41) is 10.2. The number of carbonyl (C=O) groups excluding carboxylic acids is 3. The van der Waals surface area contributed by atoms with Gasteiger partial charge in [-0.25, -0.2) is 0 Å². The molecule has 3 amide bonds. The van der Waals surface area contributed by atoms with Crippen LogP contribution in [-0.4, -0.2) is 92.9 Å². The van der Waals surface area contributed by atoms with Crippen LogP contribution in [0.3, 0.4) is 0 Å². The van der Waals surface area contributed by atoms with Gasteiger partial charge in [-0.2, -0.15) is 0 Å². The van der Waals surface area contributed by atoms with E-state index in [4.69, 9.17) is 0 Å². The van der Waals surface area contributed by atoms with Crippen molar-refractivity contribution in [2.24, 2.45) is 17.8 Å². The SMILES string of the molecule is CCCCCN1CC=C[C@]23S[C@@H]4C=CCN(C)C(=O)[C@@H]4[C@H]2C(=O)N([C@@H](CO)CC(C)C)C3C1=O. The average Bonchev–Trinajstić information content (AvgIpc) is 3.13. The first-order valence-corrected chi connectivity index (χ1v) is 13.6. The van der Waals surface area contributed by atoms with Gasteiger partial charge in [0, 0.05) is 31.9 Å². The molecular formula is C26H39N3O4S. The molecule has 0 aromatic heterocycles. The maximum atomic E-state index is 14.2. The quantitative estimate of drug-likeness (QED) is 0.418. The second-order valence-electron chi connectivity index (χ2n) is 10.6. The summed E-state index contributed by atoms with van der Waals surface area (Å²) < 4.78 is -0.800. The largest absolute Gasteiger partial charge is 0.394 e. The highest BCUT2D eigenvalue weighted by atomic mass is 32.2. The molecule has 2 saturated heterocycles. The monoisotopic (exact) mass is 489 g/mol. The lowest BCUT2D eigenvalue weighted by Gasteiger charge is -2.39. The van der Waals surface area contributed by atoms with E-state index in [1.54, 1.807) is 28.6 Å². The lowest BCUT2D eigenvalue weighted by atomic mass is 9.78. The predicted octanol–water partition coefficient (Wildman–Crippen LogP) is 2.31. The molecule has 0 aromatic carbocycles. The van der Waals surface area contributed by atoms with Gasteiger partial charge in [0.15, 0.2) is 0 Å². The molecule has 4 aliphatic heterocycles. The second-order valence-corrected chi connectivity index (χ2v) is 12.1. The average molecular weight is 490 g/mol. The summed E-state index contributed by atoms with van der Waals surface area (Å²) in [4.78, 5) is 47.0. The van der Waals surface area contributed by atoms with Crippen molar-refractivity contribution in [2.75, 3.05) is 33.3 Å². The molecule has 8 heteroatoms. The third kappa shape index (κ3) is 4.11. The third-order valence-electron chi connectivity index (χ3n) is 7.76. The molecule has 2 fully saturated rings. The number of rotatable bonds is 8. The molecule has 6 atom stereocenters. The third-order valence-corrected chi connectivity index (χ3v) is 9.50. The van der Waals surface area contributed by atoms with E-state index in [1.807, 2.05) is 17.1 Å². The Hall–Kier alpha value is -1.80. The maximum absolute atomic E-state index is 14.2. The first-order chi connectivity index (χ1) is 16.3. The molecule has 188 valence electrons. The number of unbranched alkanes of at least 4 members (excludes halogenated alkanes) is 2. The van der Waals surface area contributed by atoms with Crippen LogP contribution in [0.5, 0.6) is 0 Å². The van der Waals surface area contributed by atoms with Gasteiger partial charge in [0.1, 0.15) is 6.04 Å². The Bertz CT molecular complexity index is 874. The summed E-state index contributed by atoms with van der Waals surface area (Å²) in [7, 11) is 1.78. The predicted molar refractivity (Wildman–Crippen MR) is 134 cm³/mol. The summed E-state index contributed by atoms with van der Waals surface area (Å²) in [5.74, 6) is -1.10. The van der Waals surface area contributed by atoms with Gasteiger partial charge < -0.3 is 19.8 Å². The highest BCUT2D eigenvalue weighted by molar-refractivity contribution is 8.02. The van der Waals surface area contributed by atoms with E-state index < -0.39 is 28.7 Å². The molecule has 7 nitrogen and oxygen atoms in total.